The Morgan fingerprint density at radius 1 is 1.36 bits per heavy atom. The van der Waals surface area contributed by atoms with Gasteiger partial charge in [-0.2, -0.15) is 4.99 Å². The molecule has 0 bridgehead atoms. The van der Waals surface area contributed by atoms with Crippen LogP contribution in [-0.4, -0.2) is 35.4 Å². The molecule has 2 heterocycles. The number of rotatable bonds is 4. The number of aliphatic imine (C=N–C) groups is 1. The molecule has 2 amide bonds. The first-order valence-electron chi connectivity index (χ1n) is 8.13. The van der Waals surface area contributed by atoms with Crippen LogP contribution >= 0.6 is 0 Å². The van der Waals surface area contributed by atoms with E-state index in [1.54, 1.807) is 29.3 Å². The predicted octanol–water partition coefficient (Wildman–Crippen LogP) is 1.34. The Kier molecular flexibility index (Phi) is 4.60. The van der Waals surface area contributed by atoms with E-state index >= 15 is 0 Å². The Bertz CT molecular complexity index is 750. The van der Waals surface area contributed by atoms with Crippen molar-refractivity contribution in [1.82, 2.24) is 15.8 Å². The molecule has 8 heteroatoms. The quantitative estimate of drug-likeness (QED) is 0.767. The fraction of sp³-hybridized carbons (Fsp3) is 0.353. The minimum absolute atomic E-state index is 0.0466. The van der Waals surface area contributed by atoms with Crippen molar-refractivity contribution in [3.8, 4) is 5.75 Å². The van der Waals surface area contributed by atoms with Crippen molar-refractivity contribution in [3.05, 3.63) is 35.7 Å². The van der Waals surface area contributed by atoms with E-state index in [0.717, 1.165) is 11.3 Å². The van der Waals surface area contributed by atoms with Crippen LogP contribution in [0.15, 0.2) is 40.7 Å². The van der Waals surface area contributed by atoms with Crippen LogP contribution in [0.5, 0.6) is 5.75 Å². The van der Waals surface area contributed by atoms with Crippen molar-refractivity contribution in [2.75, 3.05) is 11.9 Å². The van der Waals surface area contributed by atoms with Gasteiger partial charge in [-0.05, 0) is 50.6 Å². The fourth-order valence-corrected chi connectivity index (χ4v) is 2.57. The van der Waals surface area contributed by atoms with E-state index < -0.39 is 6.04 Å². The van der Waals surface area contributed by atoms with Gasteiger partial charge in [0.15, 0.2) is 0 Å². The molecule has 3 rings (SSSR count). The first-order chi connectivity index (χ1) is 12.0. The van der Waals surface area contributed by atoms with E-state index in [2.05, 4.69) is 21.1 Å². The predicted molar refractivity (Wildman–Crippen MR) is 93.6 cm³/mol. The molecule has 1 aromatic carbocycles. The molecule has 0 aliphatic carbocycles. The number of hydrogen-bond donors (Lipinski definition) is 3. The number of benzene rings is 1. The lowest BCUT2D eigenvalue weighted by Gasteiger charge is -2.32. The molecule has 2 aliphatic heterocycles. The van der Waals surface area contributed by atoms with Crippen molar-refractivity contribution >= 4 is 23.5 Å². The Balaban J connectivity index is 1.74. The smallest absolute Gasteiger partial charge is 0.249 e. The van der Waals surface area contributed by atoms with Gasteiger partial charge in [0.2, 0.25) is 17.8 Å². The highest BCUT2D eigenvalue weighted by Crippen LogP contribution is 2.20. The molecule has 1 atom stereocenters. The van der Waals surface area contributed by atoms with Crippen molar-refractivity contribution in [2.24, 2.45) is 4.99 Å². The number of amides is 2. The SMILES string of the molecule is CCOc1ccc(NC(=O)C2CC(=O)NC3=NC(=C(C)C)NN32)cc1. The van der Waals surface area contributed by atoms with Gasteiger partial charge in [0.1, 0.15) is 17.6 Å². The molecule has 0 aromatic heterocycles. The molecule has 0 spiro atoms. The monoisotopic (exact) mass is 343 g/mol. The summed E-state index contributed by atoms with van der Waals surface area (Å²) in [6, 6.07) is 6.42. The number of hydrogen-bond acceptors (Lipinski definition) is 6. The van der Waals surface area contributed by atoms with Gasteiger partial charge >= 0.3 is 0 Å². The van der Waals surface area contributed by atoms with E-state index in [0.29, 0.717) is 24.1 Å². The Morgan fingerprint density at radius 3 is 2.72 bits per heavy atom. The number of ether oxygens (including phenoxy) is 1. The minimum atomic E-state index is -0.684. The first-order valence-corrected chi connectivity index (χ1v) is 8.13. The van der Waals surface area contributed by atoms with Gasteiger partial charge in [-0.15, -0.1) is 0 Å². The fourth-order valence-electron chi connectivity index (χ4n) is 2.57. The molecule has 132 valence electrons. The summed E-state index contributed by atoms with van der Waals surface area (Å²) in [5.41, 5.74) is 4.67. The van der Waals surface area contributed by atoms with Gasteiger partial charge in [-0.3, -0.25) is 20.3 Å². The number of allylic oxidation sites excluding steroid dienone is 1. The van der Waals surface area contributed by atoms with Crippen LogP contribution in [0.25, 0.3) is 0 Å². The van der Waals surface area contributed by atoms with Gasteiger partial charge in [-0.25, -0.2) is 5.01 Å². The highest BCUT2D eigenvalue weighted by Gasteiger charge is 2.39. The second-order valence-electron chi connectivity index (χ2n) is 5.98. The molecular formula is C17H21N5O3. The number of hydrazine groups is 1. The summed E-state index contributed by atoms with van der Waals surface area (Å²) >= 11 is 0. The van der Waals surface area contributed by atoms with Crippen molar-refractivity contribution in [3.63, 3.8) is 0 Å². The van der Waals surface area contributed by atoms with Gasteiger partial charge in [0.05, 0.1) is 13.0 Å². The number of nitrogens with zero attached hydrogens (tertiary/aromatic N) is 2. The summed E-state index contributed by atoms with van der Waals surface area (Å²) in [5.74, 6) is 1.20. The number of guanidine groups is 1. The molecule has 0 saturated carbocycles. The van der Waals surface area contributed by atoms with E-state index in [9.17, 15) is 9.59 Å². The molecule has 25 heavy (non-hydrogen) atoms. The van der Waals surface area contributed by atoms with E-state index in [4.69, 9.17) is 4.74 Å². The third kappa shape index (κ3) is 3.57. The van der Waals surface area contributed by atoms with Crippen LogP contribution in [0.3, 0.4) is 0 Å². The average Bonchev–Trinajstić information content (AvgIpc) is 3.00. The number of carbonyl (C=O) groups excluding carboxylic acids is 2. The molecular weight excluding hydrogens is 322 g/mol. The molecule has 1 unspecified atom stereocenters. The molecule has 1 saturated heterocycles. The summed E-state index contributed by atoms with van der Waals surface area (Å²) in [6.45, 7) is 6.30. The third-order valence-electron chi connectivity index (χ3n) is 3.82. The summed E-state index contributed by atoms with van der Waals surface area (Å²) < 4.78 is 5.38. The molecule has 3 N–H and O–H groups in total. The topological polar surface area (TPSA) is 95.1 Å². The largest absolute Gasteiger partial charge is 0.494 e. The normalized spacial score (nSPS) is 18.8. The summed E-state index contributed by atoms with van der Waals surface area (Å²) in [6.07, 6.45) is 0.0466. The molecule has 0 radical (unpaired) electrons. The maximum atomic E-state index is 12.7. The van der Waals surface area contributed by atoms with Crippen LogP contribution in [-0.2, 0) is 9.59 Å². The number of fused-ring (bicyclic) bond motifs is 1. The number of anilines is 1. The minimum Gasteiger partial charge on any atom is -0.494 e. The zero-order chi connectivity index (χ0) is 18.0. The van der Waals surface area contributed by atoms with Crippen LogP contribution in [0.1, 0.15) is 27.2 Å². The summed E-state index contributed by atoms with van der Waals surface area (Å²) in [7, 11) is 0. The first kappa shape index (κ1) is 16.8. The Morgan fingerprint density at radius 2 is 2.08 bits per heavy atom. The van der Waals surface area contributed by atoms with Crippen molar-refractivity contribution in [2.45, 2.75) is 33.2 Å². The Labute approximate surface area is 145 Å². The highest BCUT2D eigenvalue weighted by molar-refractivity contribution is 6.07. The third-order valence-corrected chi connectivity index (χ3v) is 3.82. The Hall–Kier alpha value is -3.03. The molecule has 1 fully saturated rings. The van der Waals surface area contributed by atoms with Gasteiger partial charge in [0, 0.05) is 5.69 Å². The van der Waals surface area contributed by atoms with Gasteiger partial charge < -0.3 is 10.1 Å². The van der Waals surface area contributed by atoms with E-state index in [-0.39, 0.29) is 18.2 Å². The van der Waals surface area contributed by atoms with Gasteiger partial charge in [0.25, 0.3) is 0 Å². The van der Waals surface area contributed by atoms with E-state index in [1.807, 2.05) is 20.8 Å². The van der Waals surface area contributed by atoms with Crippen molar-refractivity contribution < 1.29 is 14.3 Å². The second-order valence-corrected chi connectivity index (χ2v) is 5.98. The lowest BCUT2D eigenvalue weighted by atomic mass is 10.1. The zero-order valence-electron chi connectivity index (χ0n) is 14.4. The molecule has 1 aromatic rings. The molecule has 2 aliphatic rings. The van der Waals surface area contributed by atoms with Crippen LogP contribution in [0.2, 0.25) is 0 Å². The van der Waals surface area contributed by atoms with Crippen LogP contribution in [0, 0.1) is 0 Å². The second kappa shape index (κ2) is 6.84. The highest BCUT2D eigenvalue weighted by atomic mass is 16.5. The maximum Gasteiger partial charge on any atom is 0.249 e. The van der Waals surface area contributed by atoms with E-state index in [1.165, 1.54) is 0 Å². The lowest BCUT2D eigenvalue weighted by molar-refractivity contribution is -0.129. The summed E-state index contributed by atoms with van der Waals surface area (Å²) in [4.78, 5) is 28.9. The lowest BCUT2D eigenvalue weighted by Crippen LogP contribution is -2.61. The summed E-state index contributed by atoms with van der Waals surface area (Å²) in [5, 5.41) is 7.10. The average molecular weight is 343 g/mol. The molecule has 8 nitrogen and oxygen atoms in total. The van der Waals surface area contributed by atoms with Crippen molar-refractivity contribution in [1.29, 1.82) is 0 Å². The van der Waals surface area contributed by atoms with Crippen LogP contribution in [0.4, 0.5) is 5.69 Å². The standard InChI is InChI=1S/C17H21N5O3/c1-4-25-12-7-5-11(6-8-12)18-16(24)13-9-14(23)19-17-20-15(10(2)3)21-22(13)17/h5-8,13,21H,4,9H2,1-3H3,(H,18,24)(H,19,20,23). The zero-order valence-corrected chi connectivity index (χ0v) is 14.4. The maximum absolute atomic E-state index is 12.7. The van der Waals surface area contributed by atoms with Crippen LogP contribution < -0.4 is 20.8 Å². The number of carbonyl (C=O) groups is 2. The van der Waals surface area contributed by atoms with Gasteiger partial charge in [-0.1, -0.05) is 0 Å². The number of nitrogens with one attached hydrogen (secondary N) is 3.